The number of rotatable bonds is 3. The molecule has 0 N–H and O–H groups in total. The molecular formula is C17H12IO. The van der Waals surface area contributed by atoms with E-state index in [9.17, 15) is 0 Å². The topological polar surface area (TPSA) is 9.23 Å². The molecule has 19 heavy (non-hydrogen) atoms. The van der Waals surface area contributed by atoms with Crippen LogP contribution in [0.15, 0.2) is 60.7 Å². The van der Waals surface area contributed by atoms with E-state index in [1.165, 1.54) is 14.5 Å². The van der Waals surface area contributed by atoms with Crippen LogP contribution in [0.4, 0.5) is 0 Å². The van der Waals surface area contributed by atoms with E-state index in [0.29, 0.717) is 6.61 Å². The van der Waals surface area contributed by atoms with Crippen molar-refractivity contribution in [2.45, 2.75) is 6.61 Å². The highest BCUT2D eigenvalue weighted by Gasteiger charge is 2.00. The molecular weight excluding hydrogens is 347 g/mol. The first-order valence-electron chi connectivity index (χ1n) is 6.09. The van der Waals surface area contributed by atoms with Crippen LogP contribution in [0.5, 0.6) is 5.75 Å². The Morgan fingerprint density at radius 1 is 0.947 bits per heavy atom. The number of hydrogen-bond donors (Lipinski definition) is 0. The molecule has 0 aromatic heterocycles. The molecule has 0 saturated carbocycles. The van der Waals surface area contributed by atoms with Gasteiger partial charge in [0, 0.05) is 9.64 Å². The van der Waals surface area contributed by atoms with Gasteiger partial charge in [0.25, 0.3) is 0 Å². The molecule has 0 spiro atoms. The van der Waals surface area contributed by atoms with Crippen molar-refractivity contribution in [2.24, 2.45) is 0 Å². The summed E-state index contributed by atoms with van der Waals surface area (Å²) in [6.07, 6.45) is 0. The summed E-state index contributed by atoms with van der Waals surface area (Å²) < 4.78 is 7.01. The molecule has 0 unspecified atom stereocenters. The predicted molar refractivity (Wildman–Crippen MR) is 86.3 cm³/mol. The zero-order valence-corrected chi connectivity index (χ0v) is 12.4. The molecule has 1 nitrogen and oxygen atoms in total. The second kappa shape index (κ2) is 5.61. The molecule has 3 aromatic rings. The first-order valence-corrected chi connectivity index (χ1v) is 7.17. The Labute approximate surface area is 126 Å². The van der Waals surface area contributed by atoms with Crippen molar-refractivity contribution in [1.82, 2.24) is 0 Å². The maximum absolute atomic E-state index is 5.77. The monoisotopic (exact) mass is 359 g/mol. The quantitative estimate of drug-likeness (QED) is 0.609. The van der Waals surface area contributed by atoms with Crippen molar-refractivity contribution >= 4 is 33.4 Å². The Morgan fingerprint density at radius 2 is 1.79 bits per heavy atom. The molecule has 0 aliphatic carbocycles. The van der Waals surface area contributed by atoms with E-state index < -0.39 is 0 Å². The van der Waals surface area contributed by atoms with Gasteiger partial charge in [-0.3, -0.25) is 0 Å². The first kappa shape index (κ1) is 12.5. The van der Waals surface area contributed by atoms with Gasteiger partial charge in [-0.2, -0.15) is 0 Å². The van der Waals surface area contributed by atoms with Gasteiger partial charge in [0.15, 0.2) is 0 Å². The van der Waals surface area contributed by atoms with Crippen LogP contribution < -0.4 is 4.74 Å². The van der Waals surface area contributed by atoms with Crippen LogP contribution in [-0.4, -0.2) is 0 Å². The Morgan fingerprint density at radius 3 is 2.63 bits per heavy atom. The van der Waals surface area contributed by atoms with Gasteiger partial charge < -0.3 is 4.74 Å². The highest BCUT2D eigenvalue weighted by Crippen LogP contribution is 2.22. The van der Waals surface area contributed by atoms with E-state index in [2.05, 4.69) is 65.1 Å². The third-order valence-electron chi connectivity index (χ3n) is 2.92. The number of ether oxygens (including phenoxy) is 1. The SMILES string of the molecule is Ic1ccc2[c]c(OCc3ccccc3)ccc2c1. The molecule has 3 aromatic carbocycles. The minimum Gasteiger partial charge on any atom is -0.488 e. The Bertz CT molecular complexity index is 692. The predicted octanol–water partition coefficient (Wildman–Crippen LogP) is 4.82. The van der Waals surface area contributed by atoms with Gasteiger partial charge in [0.1, 0.15) is 12.4 Å². The summed E-state index contributed by atoms with van der Waals surface area (Å²) in [5.41, 5.74) is 1.17. The van der Waals surface area contributed by atoms with E-state index in [1.807, 2.05) is 24.3 Å². The van der Waals surface area contributed by atoms with Gasteiger partial charge in [0.2, 0.25) is 0 Å². The van der Waals surface area contributed by atoms with Crippen LogP contribution in [0.3, 0.4) is 0 Å². The third-order valence-corrected chi connectivity index (χ3v) is 3.59. The molecule has 2 heteroatoms. The van der Waals surface area contributed by atoms with Gasteiger partial charge in [-0.05, 0) is 57.1 Å². The van der Waals surface area contributed by atoms with E-state index in [-0.39, 0.29) is 0 Å². The largest absolute Gasteiger partial charge is 0.488 e. The number of halogens is 1. The maximum Gasteiger partial charge on any atom is 0.128 e. The van der Waals surface area contributed by atoms with Gasteiger partial charge in [-0.25, -0.2) is 0 Å². The van der Waals surface area contributed by atoms with E-state index in [0.717, 1.165) is 11.1 Å². The molecule has 3 rings (SSSR count). The Balaban J connectivity index is 1.80. The fourth-order valence-electron chi connectivity index (χ4n) is 1.94. The van der Waals surface area contributed by atoms with Crippen molar-refractivity contribution in [1.29, 1.82) is 0 Å². The molecule has 1 radical (unpaired) electrons. The van der Waals surface area contributed by atoms with Gasteiger partial charge >= 0.3 is 0 Å². The number of benzene rings is 3. The molecule has 0 saturated heterocycles. The van der Waals surface area contributed by atoms with Crippen LogP contribution in [-0.2, 0) is 6.61 Å². The summed E-state index contributed by atoms with van der Waals surface area (Å²) in [4.78, 5) is 0. The van der Waals surface area contributed by atoms with Gasteiger partial charge in [-0.1, -0.05) is 42.5 Å². The average Bonchev–Trinajstić information content (AvgIpc) is 2.46. The fraction of sp³-hybridized carbons (Fsp3) is 0.0588. The van der Waals surface area contributed by atoms with Crippen molar-refractivity contribution in [2.75, 3.05) is 0 Å². The van der Waals surface area contributed by atoms with E-state index >= 15 is 0 Å². The molecule has 0 amide bonds. The summed E-state index contributed by atoms with van der Waals surface area (Å²) >= 11 is 2.32. The van der Waals surface area contributed by atoms with Gasteiger partial charge in [0.05, 0.1) is 0 Å². The standard InChI is InChI=1S/C17H12IO/c18-16-8-6-15-11-17(9-7-14(15)10-16)19-12-13-4-2-1-3-5-13/h1-10H,12H2. The van der Waals surface area contributed by atoms with Crippen molar-refractivity contribution in [3.8, 4) is 5.75 Å². The minimum absolute atomic E-state index is 0.577. The highest BCUT2D eigenvalue weighted by molar-refractivity contribution is 14.1. The Kier molecular flexibility index (Phi) is 3.69. The zero-order chi connectivity index (χ0) is 13.1. The van der Waals surface area contributed by atoms with Crippen molar-refractivity contribution in [3.05, 3.63) is 75.9 Å². The van der Waals surface area contributed by atoms with E-state index in [1.54, 1.807) is 0 Å². The third kappa shape index (κ3) is 3.07. The lowest BCUT2D eigenvalue weighted by atomic mass is 10.1. The molecule has 0 atom stereocenters. The normalized spacial score (nSPS) is 10.6. The summed E-state index contributed by atoms with van der Waals surface area (Å²) in [5, 5.41) is 2.28. The van der Waals surface area contributed by atoms with Crippen LogP contribution in [0.25, 0.3) is 10.8 Å². The summed E-state index contributed by atoms with van der Waals surface area (Å²) in [6.45, 7) is 0.577. The number of fused-ring (bicyclic) bond motifs is 1. The lowest BCUT2D eigenvalue weighted by Crippen LogP contribution is -1.94. The lowest BCUT2D eigenvalue weighted by molar-refractivity contribution is 0.306. The van der Waals surface area contributed by atoms with Crippen molar-refractivity contribution < 1.29 is 4.74 Å². The highest BCUT2D eigenvalue weighted by atomic mass is 127. The molecule has 0 heterocycles. The summed E-state index contributed by atoms with van der Waals surface area (Å²) in [6, 6.07) is 23.8. The van der Waals surface area contributed by atoms with Crippen LogP contribution in [0, 0.1) is 9.64 Å². The second-order valence-electron chi connectivity index (χ2n) is 4.33. The number of hydrogen-bond acceptors (Lipinski definition) is 1. The first-order chi connectivity index (χ1) is 9.31. The van der Waals surface area contributed by atoms with Crippen molar-refractivity contribution in [3.63, 3.8) is 0 Å². The van der Waals surface area contributed by atoms with Crippen LogP contribution in [0.1, 0.15) is 5.56 Å². The summed E-state index contributed by atoms with van der Waals surface area (Å²) in [7, 11) is 0. The second-order valence-corrected chi connectivity index (χ2v) is 5.57. The maximum atomic E-state index is 5.77. The van der Waals surface area contributed by atoms with E-state index in [4.69, 9.17) is 4.74 Å². The lowest BCUT2D eigenvalue weighted by Gasteiger charge is -2.07. The fourth-order valence-corrected chi connectivity index (χ4v) is 2.46. The zero-order valence-electron chi connectivity index (χ0n) is 10.3. The molecule has 0 fully saturated rings. The minimum atomic E-state index is 0.577. The van der Waals surface area contributed by atoms with Crippen LogP contribution >= 0.6 is 22.6 Å². The molecule has 0 aliphatic rings. The van der Waals surface area contributed by atoms with Gasteiger partial charge in [-0.15, -0.1) is 0 Å². The Hall–Kier alpha value is -1.55. The average molecular weight is 359 g/mol. The smallest absolute Gasteiger partial charge is 0.128 e. The summed E-state index contributed by atoms with van der Waals surface area (Å²) in [5.74, 6) is 0.789. The van der Waals surface area contributed by atoms with Crippen LogP contribution in [0.2, 0.25) is 0 Å². The molecule has 0 bridgehead atoms. The molecule has 0 aliphatic heterocycles. The molecule has 93 valence electrons.